The molecule has 534 valence electrons. The minimum atomic E-state index is -3.08. The second-order valence-corrected chi connectivity index (χ2v) is 26.1. The Morgan fingerprint density at radius 3 is 1.46 bits per heavy atom. The molecule has 3 fully saturated rings. The first-order valence-electron chi connectivity index (χ1n) is 35.6. The molecule has 0 aromatic heterocycles. The molecule has 0 saturated carbocycles. The molecular formula is C68H126N2O21. The fourth-order valence-corrected chi connectivity index (χ4v) is 12.5. The number of aliphatic hydroxyl groups excluding tert-OH is 11. The van der Waals surface area contributed by atoms with Crippen molar-refractivity contribution < 1.29 is 104 Å². The summed E-state index contributed by atoms with van der Waals surface area (Å²) in [6, 6.07) is -2.61. The normalized spacial score (nSPS) is 28.4. The molecular weight excluding hydrogens is 1180 g/mol. The maximum atomic E-state index is 13.4. The number of unbranched alkanes of at least 4 members (excludes halogenated alkanes) is 34. The summed E-state index contributed by atoms with van der Waals surface area (Å²) in [6.45, 7) is 2.14. The van der Waals surface area contributed by atoms with E-state index in [4.69, 9.17) is 28.4 Å². The molecule has 0 aliphatic carbocycles. The van der Waals surface area contributed by atoms with Crippen molar-refractivity contribution >= 4 is 17.8 Å². The Hall–Kier alpha value is -2.53. The summed E-state index contributed by atoms with van der Waals surface area (Å²) in [5.41, 5.74) is 0. The van der Waals surface area contributed by atoms with E-state index in [2.05, 4.69) is 24.5 Å². The number of ether oxygens (including phenoxy) is 6. The van der Waals surface area contributed by atoms with Gasteiger partial charge in [-0.2, -0.15) is 0 Å². The zero-order valence-electron chi connectivity index (χ0n) is 55.7. The number of amides is 2. The molecule has 3 heterocycles. The first kappa shape index (κ1) is 82.7. The number of aliphatic hydroxyl groups is 11. The highest BCUT2D eigenvalue weighted by Gasteiger charge is 2.60. The highest BCUT2D eigenvalue weighted by molar-refractivity contribution is 5.77. The van der Waals surface area contributed by atoms with Crippen LogP contribution in [0.4, 0.5) is 0 Å². The van der Waals surface area contributed by atoms with Gasteiger partial charge in [-0.05, 0) is 19.3 Å². The summed E-state index contributed by atoms with van der Waals surface area (Å²) in [4.78, 5) is 38.5. The Morgan fingerprint density at radius 2 is 1.02 bits per heavy atom. The standard InChI is InChI=1S/C68H126N2O21/c1-4-6-8-10-12-14-16-18-19-20-21-22-23-24-25-26-27-28-29-30-31-33-35-37-39-41-50(75)49(70-55(78)42-40-38-36-34-32-17-15-13-11-9-7-5-2)47-86-65-60(82)59(81)62(54(46-73)88-65)89-66-61(83)64(58(80)53(45-72)87-66)91-68(67(84)85)43-51(76)56(69-48(3)74)63(90-68)57(79)52(77)44-71/h39,41,49-54,56-66,71-73,75-77,79-83H,4-38,40,42-47H2,1-3H3,(H,69,74)(H,70,78)(H,84,85)/b41-39+. The van der Waals surface area contributed by atoms with E-state index >= 15 is 0 Å². The van der Waals surface area contributed by atoms with E-state index < -0.39 is 155 Å². The molecule has 18 atom stereocenters. The fraction of sp³-hybridized carbons (Fsp3) is 0.926. The molecule has 3 rings (SSSR count). The number of carboxylic acids is 1. The van der Waals surface area contributed by atoms with Gasteiger partial charge in [0.25, 0.3) is 5.79 Å². The van der Waals surface area contributed by atoms with Gasteiger partial charge in [-0.1, -0.05) is 238 Å². The van der Waals surface area contributed by atoms with E-state index in [-0.39, 0.29) is 12.3 Å². The smallest absolute Gasteiger partial charge is 0.364 e. The minimum Gasteiger partial charge on any atom is -0.477 e. The summed E-state index contributed by atoms with van der Waals surface area (Å²) in [6.07, 6.45) is 18.4. The van der Waals surface area contributed by atoms with Gasteiger partial charge in [0, 0.05) is 19.8 Å². The second kappa shape index (κ2) is 49.1. The summed E-state index contributed by atoms with van der Waals surface area (Å²) < 4.78 is 34.8. The van der Waals surface area contributed by atoms with Crippen molar-refractivity contribution in [3.05, 3.63) is 12.2 Å². The van der Waals surface area contributed by atoms with Crippen LogP contribution >= 0.6 is 0 Å². The van der Waals surface area contributed by atoms with Crippen molar-refractivity contribution in [2.45, 2.75) is 375 Å². The first-order valence-corrected chi connectivity index (χ1v) is 35.6. The van der Waals surface area contributed by atoms with Gasteiger partial charge in [-0.15, -0.1) is 0 Å². The third-order valence-electron chi connectivity index (χ3n) is 18.2. The van der Waals surface area contributed by atoms with E-state index in [1.54, 1.807) is 6.08 Å². The predicted molar refractivity (Wildman–Crippen MR) is 343 cm³/mol. The van der Waals surface area contributed by atoms with Crippen molar-refractivity contribution in [3.63, 3.8) is 0 Å². The van der Waals surface area contributed by atoms with Crippen LogP contribution in [-0.4, -0.2) is 215 Å². The number of carbonyl (C=O) groups excluding carboxylic acids is 2. The Morgan fingerprint density at radius 1 is 0.571 bits per heavy atom. The van der Waals surface area contributed by atoms with Crippen LogP contribution in [0, 0.1) is 0 Å². The molecule has 0 aromatic carbocycles. The number of nitrogens with one attached hydrogen (secondary N) is 2. The third kappa shape index (κ3) is 31.5. The zero-order valence-corrected chi connectivity index (χ0v) is 55.7. The summed E-state index contributed by atoms with van der Waals surface area (Å²) in [5, 5.41) is 136. The highest BCUT2D eigenvalue weighted by atomic mass is 16.8. The Labute approximate surface area is 543 Å². The van der Waals surface area contributed by atoms with Crippen LogP contribution in [0.3, 0.4) is 0 Å². The van der Waals surface area contributed by atoms with E-state index in [0.717, 1.165) is 51.9 Å². The van der Waals surface area contributed by atoms with Crippen molar-refractivity contribution in [2.75, 3.05) is 26.4 Å². The molecule has 2 amide bonds. The predicted octanol–water partition coefficient (Wildman–Crippen LogP) is 6.68. The van der Waals surface area contributed by atoms with Crippen molar-refractivity contribution in [3.8, 4) is 0 Å². The Balaban J connectivity index is 1.56. The molecule has 0 radical (unpaired) electrons. The average Bonchev–Trinajstić information content (AvgIpc) is 0.772. The van der Waals surface area contributed by atoms with Crippen LogP contribution in [0.1, 0.15) is 265 Å². The molecule has 14 N–H and O–H groups in total. The average molecular weight is 1310 g/mol. The number of allylic oxidation sites excluding steroid dienone is 1. The Kier molecular flexibility index (Phi) is 44.6. The SMILES string of the molecule is CCCCCCCCCCCCCCCCCCCCCCCCC/C=C/C(O)C(COC1OC(CO)C(OC2OC(CO)C(O)C(OC3(C(=O)O)CC(O)C(NC(C)=O)C(C(O)C(O)CO)O3)C2O)C(O)C1O)NC(=O)CCCCCCCCCCCCCC. The molecule has 0 bridgehead atoms. The van der Waals surface area contributed by atoms with Crippen LogP contribution < -0.4 is 10.6 Å². The van der Waals surface area contributed by atoms with Gasteiger partial charge in [-0.25, -0.2) is 4.79 Å². The van der Waals surface area contributed by atoms with Gasteiger partial charge in [-0.3, -0.25) is 9.59 Å². The molecule has 3 aliphatic rings. The molecule has 23 heteroatoms. The molecule has 3 aliphatic heterocycles. The zero-order chi connectivity index (χ0) is 66.8. The maximum Gasteiger partial charge on any atom is 0.364 e. The lowest BCUT2D eigenvalue weighted by atomic mass is 9.88. The van der Waals surface area contributed by atoms with E-state index in [1.165, 1.54) is 173 Å². The molecule has 0 spiro atoms. The first-order chi connectivity index (χ1) is 43.9. The van der Waals surface area contributed by atoms with Gasteiger partial charge >= 0.3 is 5.97 Å². The molecule has 23 nitrogen and oxygen atoms in total. The van der Waals surface area contributed by atoms with Crippen molar-refractivity contribution in [1.82, 2.24) is 10.6 Å². The molecule has 0 aromatic rings. The van der Waals surface area contributed by atoms with Crippen molar-refractivity contribution in [2.24, 2.45) is 0 Å². The van der Waals surface area contributed by atoms with Gasteiger partial charge in [0.05, 0.1) is 50.7 Å². The van der Waals surface area contributed by atoms with Crippen LogP contribution in [0.5, 0.6) is 0 Å². The van der Waals surface area contributed by atoms with Crippen LogP contribution in [-0.2, 0) is 42.8 Å². The van der Waals surface area contributed by atoms with E-state index in [9.17, 15) is 75.7 Å². The van der Waals surface area contributed by atoms with Crippen LogP contribution in [0.25, 0.3) is 0 Å². The molecule has 3 saturated heterocycles. The fourth-order valence-electron chi connectivity index (χ4n) is 12.5. The number of hydrogen-bond donors (Lipinski definition) is 14. The van der Waals surface area contributed by atoms with Gasteiger partial charge < -0.3 is 100 Å². The number of hydrogen-bond acceptors (Lipinski definition) is 20. The number of carbonyl (C=O) groups is 3. The summed E-state index contributed by atoms with van der Waals surface area (Å²) >= 11 is 0. The van der Waals surface area contributed by atoms with E-state index in [1.807, 2.05) is 6.08 Å². The monoisotopic (exact) mass is 1310 g/mol. The topological polar surface area (TPSA) is 373 Å². The second-order valence-electron chi connectivity index (χ2n) is 26.1. The quantitative estimate of drug-likeness (QED) is 0.0223. The summed E-state index contributed by atoms with van der Waals surface area (Å²) in [5.74, 6) is -6.14. The summed E-state index contributed by atoms with van der Waals surface area (Å²) in [7, 11) is 0. The highest BCUT2D eigenvalue weighted by Crippen LogP contribution is 2.39. The minimum absolute atomic E-state index is 0.204. The van der Waals surface area contributed by atoms with E-state index in [0.29, 0.717) is 12.8 Å². The lowest BCUT2D eigenvalue weighted by molar-refractivity contribution is -0.386. The lowest BCUT2D eigenvalue weighted by Crippen LogP contribution is -2.70. The third-order valence-corrected chi connectivity index (χ3v) is 18.2. The van der Waals surface area contributed by atoms with Crippen LogP contribution in [0.15, 0.2) is 12.2 Å². The van der Waals surface area contributed by atoms with Crippen LogP contribution in [0.2, 0.25) is 0 Å². The lowest BCUT2D eigenvalue weighted by Gasteiger charge is -2.50. The molecule has 18 unspecified atom stereocenters. The maximum absolute atomic E-state index is 13.4. The van der Waals surface area contributed by atoms with Gasteiger partial charge in [0.2, 0.25) is 11.8 Å². The number of carboxylic acid groups (broad SMARTS) is 1. The molecule has 91 heavy (non-hydrogen) atoms. The van der Waals surface area contributed by atoms with Gasteiger partial charge in [0.1, 0.15) is 67.1 Å². The Bertz CT molecular complexity index is 1890. The van der Waals surface area contributed by atoms with Crippen molar-refractivity contribution in [1.29, 1.82) is 0 Å². The number of aliphatic carboxylic acids is 1. The number of rotatable bonds is 54. The van der Waals surface area contributed by atoms with Gasteiger partial charge in [0.15, 0.2) is 12.6 Å². The largest absolute Gasteiger partial charge is 0.477 e.